The number of hydrogen-bond donors (Lipinski definition) is 1. The van der Waals surface area contributed by atoms with Crippen LogP contribution >= 0.6 is 0 Å². The molecule has 18 heavy (non-hydrogen) atoms. The first-order valence-corrected chi connectivity index (χ1v) is 7.52. The smallest absolute Gasteiger partial charge is 0.0789 e. The Bertz CT molecular complexity index is 282. The van der Waals surface area contributed by atoms with Crippen LogP contribution in [0.5, 0.6) is 0 Å². The fourth-order valence-electron chi connectivity index (χ4n) is 3.77. The van der Waals surface area contributed by atoms with Gasteiger partial charge in [0.1, 0.15) is 0 Å². The van der Waals surface area contributed by atoms with Crippen molar-refractivity contribution in [2.45, 2.75) is 77.2 Å². The quantitative estimate of drug-likeness (QED) is 0.834. The molecule has 0 amide bonds. The summed E-state index contributed by atoms with van der Waals surface area (Å²) < 4.78 is 6.23. The molecule has 106 valence electrons. The molecule has 0 aliphatic carbocycles. The molecule has 2 aliphatic rings. The van der Waals surface area contributed by atoms with Gasteiger partial charge in [-0.2, -0.15) is 0 Å². The number of rotatable bonds is 4. The van der Waals surface area contributed by atoms with Gasteiger partial charge in [0.25, 0.3) is 0 Å². The van der Waals surface area contributed by atoms with Crippen molar-refractivity contribution in [2.24, 2.45) is 0 Å². The van der Waals surface area contributed by atoms with Gasteiger partial charge < -0.3 is 10.1 Å². The van der Waals surface area contributed by atoms with E-state index < -0.39 is 0 Å². The highest BCUT2D eigenvalue weighted by Crippen LogP contribution is 2.40. The Morgan fingerprint density at radius 2 is 2.00 bits per heavy atom. The summed E-state index contributed by atoms with van der Waals surface area (Å²) >= 11 is 0. The first-order chi connectivity index (χ1) is 8.34. The number of nitrogens with one attached hydrogen (secondary N) is 1. The minimum atomic E-state index is -0.0296. The van der Waals surface area contributed by atoms with E-state index in [-0.39, 0.29) is 11.2 Å². The van der Waals surface area contributed by atoms with Crippen LogP contribution in [0, 0.1) is 0 Å². The second-order valence-corrected chi connectivity index (χ2v) is 7.07. The van der Waals surface area contributed by atoms with Gasteiger partial charge in [-0.3, -0.25) is 4.90 Å². The molecule has 2 rings (SSSR count). The van der Waals surface area contributed by atoms with Gasteiger partial charge in [0.2, 0.25) is 0 Å². The van der Waals surface area contributed by atoms with E-state index in [9.17, 15) is 0 Å². The molecule has 1 N–H and O–H groups in total. The van der Waals surface area contributed by atoms with E-state index in [1.807, 2.05) is 0 Å². The fourth-order valence-corrected chi connectivity index (χ4v) is 3.77. The van der Waals surface area contributed by atoms with E-state index in [0.717, 1.165) is 13.0 Å². The molecule has 2 heterocycles. The molecule has 0 saturated carbocycles. The highest BCUT2D eigenvalue weighted by Gasteiger charge is 2.48. The van der Waals surface area contributed by atoms with E-state index in [0.29, 0.717) is 12.1 Å². The van der Waals surface area contributed by atoms with Crippen LogP contribution in [0.3, 0.4) is 0 Å². The van der Waals surface area contributed by atoms with Crippen LogP contribution in [0.4, 0.5) is 0 Å². The van der Waals surface area contributed by atoms with Crippen molar-refractivity contribution in [1.29, 1.82) is 0 Å². The van der Waals surface area contributed by atoms with Crippen LogP contribution in [0.1, 0.15) is 53.9 Å². The Kier molecular flexibility index (Phi) is 4.05. The van der Waals surface area contributed by atoms with E-state index >= 15 is 0 Å². The van der Waals surface area contributed by atoms with Gasteiger partial charge in [-0.25, -0.2) is 0 Å². The Morgan fingerprint density at radius 3 is 2.44 bits per heavy atom. The van der Waals surface area contributed by atoms with Crippen LogP contribution in [0.15, 0.2) is 0 Å². The van der Waals surface area contributed by atoms with Gasteiger partial charge >= 0.3 is 0 Å². The van der Waals surface area contributed by atoms with Gasteiger partial charge in [-0.1, -0.05) is 6.92 Å². The van der Waals surface area contributed by atoms with Crippen LogP contribution in [-0.2, 0) is 4.74 Å². The fraction of sp³-hybridized carbons (Fsp3) is 1.00. The SMILES string of the molecule is CCN(CC1CCCN1)C1CC(C)(C)OC1(C)C. The normalized spacial score (nSPS) is 34.3. The lowest BCUT2D eigenvalue weighted by atomic mass is 9.92. The van der Waals surface area contributed by atoms with E-state index in [2.05, 4.69) is 44.8 Å². The molecule has 0 aromatic rings. The molecule has 2 saturated heterocycles. The summed E-state index contributed by atoms with van der Waals surface area (Å²) in [6.07, 6.45) is 3.80. The van der Waals surface area contributed by atoms with Crippen molar-refractivity contribution in [3.63, 3.8) is 0 Å². The largest absolute Gasteiger partial charge is 0.368 e. The van der Waals surface area contributed by atoms with Crippen molar-refractivity contribution < 1.29 is 4.74 Å². The summed E-state index contributed by atoms with van der Waals surface area (Å²) in [7, 11) is 0. The van der Waals surface area contributed by atoms with E-state index in [4.69, 9.17) is 4.74 Å². The zero-order chi connectivity index (χ0) is 13.4. The van der Waals surface area contributed by atoms with E-state index in [1.54, 1.807) is 0 Å². The van der Waals surface area contributed by atoms with Crippen molar-refractivity contribution in [3.05, 3.63) is 0 Å². The molecule has 3 nitrogen and oxygen atoms in total. The number of ether oxygens (including phenoxy) is 1. The third kappa shape index (κ3) is 3.06. The molecular formula is C15H30N2O. The maximum Gasteiger partial charge on any atom is 0.0789 e. The predicted octanol–water partition coefficient (Wildman–Crippen LogP) is 2.41. The van der Waals surface area contributed by atoms with Gasteiger partial charge in [0.15, 0.2) is 0 Å². The Balaban J connectivity index is 2.02. The van der Waals surface area contributed by atoms with Gasteiger partial charge in [-0.05, 0) is 60.0 Å². The standard InChI is InChI=1S/C15H30N2O/c1-6-17(11-12-8-7-9-16-12)13-10-14(2,3)18-15(13,4)5/h12-13,16H,6-11H2,1-5H3. The Labute approximate surface area is 112 Å². The molecule has 2 aliphatic heterocycles. The predicted molar refractivity (Wildman–Crippen MR) is 75.9 cm³/mol. The van der Waals surface area contributed by atoms with Crippen LogP contribution in [0.2, 0.25) is 0 Å². The van der Waals surface area contributed by atoms with Gasteiger partial charge in [0, 0.05) is 18.6 Å². The first kappa shape index (κ1) is 14.3. The Morgan fingerprint density at radius 1 is 1.28 bits per heavy atom. The summed E-state index contributed by atoms with van der Waals surface area (Å²) in [5.41, 5.74) is -0.0111. The van der Waals surface area contributed by atoms with Crippen LogP contribution in [0.25, 0.3) is 0 Å². The third-order valence-corrected chi connectivity index (χ3v) is 4.49. The summed E-state index contributed by atoms with van der Waals surface area (Å²) in [5, 5.41) is 3.61. The van der Waals surface area contributed by atoms with Gasteiger partial charge in [0.05, 0.1) is 11.2 Å². The number of hydrogen-bond acceptors (Lipinski definition) is 3. The highest BCUT2D eigenvalue weighted by atomic mass is 16.5. The molecule has 0 bridgehead atoms. The number of likely N-dealkylation sites (N-methyl/N-ethyl adjacent to an activating group) is 1. The molecule has 2 atom stereocenters. The lowest BCUT2D eigenvalue weighted by molar-refractivity contribution is -0.0806. The van der Waals surface area contributed by atoms with Crippen molar-refractivity contribution in [3.8, 4) is 0 Å². The van der Waals surface area contributed by atoms with Crippen molar-refractivity contribution >= 4 is 0 Å². The average Bonchev–Trinajstić information content (AvgIpc) is 2.80. The monoisotopic (exact) mass is 254 g/mol. The molecule has 0 radical (unpaired) electrons. The second kappa shape index (κ2) is 5.10. The summed E-state index contributed by atoms with van der Waals surface area (Å²) in [6.45, 7) is 14.7. The summed E-state index contributed by atoms with van der Waals surface area (Å²) in [5.74, 6) is 0. The maximum atomic E-state index is 6.23. The molecule has 2 fully saturated rings. The molecule has 0 aromatic carbocycles. The zero-order valence-corrected chi connectivity index (χ0v) is 12.8. The molecule has 2 unspecified atom stereocenters. The van der Waals surface area contributed by atoms with Gasteiger partial charge in [-0.15, -0.1) is 0 Å². The van der Waals surface area contributed by atoms with Crippen molar-refractivity contribution in [2.75, 3.05) is 19.6 Å². The minimum absolute atomic E-state index is 0.0185. The summed E-state index contributed by atoms with van der Waals surface area (Å²) in [4.78, 5) is 2.62. The average molecular weight is 254 g/mol. The highest BCUT2D eigenvalue weighted by molar-refractivity contribution is 5.00. The first-order valence-electron chi connectivity index (χ1n) is 7.52. The molecule has 3 heteroatoms. The lowest BCUT2D eigenvalue weighted by Gasteiger charge is -2.37. The topological polar surface area (TPSA) is 24.5 Å². The minimum Gasteiger partial charge on any atom is -0.368 e. The van der Waals surface area contributed by atoms with Crippen molar-refractivity contribution in [1.82, 2.24) is 10.2 Å². The molecule has 0 spiro atoms. The zero-order valence-electron chi connectivity index (χ0n) is 12.8. The maximum absolute atomic E-state index is 6.23. The van der Waals surface area contributed by atoms with Crippen LogP contribution < -0.4 is 5.32 Å². The molecular weight excluding hydrogens is 224 g/mol. The second-order valence-electron chi connectivity index (χ2n) is 7.07. The van der Waals surface area contributed by atoms with E-state index in [1.165, 1.54) is 25.9 Å². The number of nitrogens with zero attached hydrogens (tertiary/aromatic N) is 1. The third-order valence-electron chi connectivity index (χ3n) is 4.49. The summed E-state index contributed by atoms with van der Waals surface area (Å²) in [6, 6.07) is 1.23. The Hall–Kier alpha value is -0.120. The molecule has 0 aromatic heterocycles. The van der Waals surface area contributed by atoms with Crippen LogP contribution in [-0.4, -0.2) is 47.8 Å². The lowest BCUT2D eigenvalue weighted by Crippen LogP contribution is -2.50.